The normalized spacial score (nSPS) is 10.5. The van der Waals surface area contributed by atoms with Crippen molar-refractivity contribution in [1.82, 2.24) is 9.97 Å². The predicted octanol–water partition coefficient (Wildman–Crippen LogP) is 1.20. The molecule has 5 heteroatoms. The molecule has 0 aliphatic carbocycles. The van der Waals surface area contributed by atoms with E-state index in [-0.39, 0.29) is 6.42 Å². The van der Waals surface area contributed by atoms with Crippen LogP contribution in [-0.2, 0) is 11.2 Å². The Bertz CT molecular complexity index is 504. The summed E-state index contributed by atoms with van der Waals surface area (Å²) in [6, 6.07) is 1.78. The molecule has 0 fully saturated rings. The third-order valence-corrected chi connectivity index (χ3v) is 2.17. The van der Waals surface area contributed by atoms with Crippen molar-refractivity contribution in [3.05, 3.63) is 24.0 Å². The van der Waals surface area contributed by atoms with E-state index >= 15 is 0 Å². The molecule has 0 aliphatic heterocycles. The second-order valence-corrected chi connectivity index (χ2v) is 3.13. The number of rotatable bonds is 3. The molecule has 0 unspecified atom stereocenters. The third kappa shape index (κ3) is 1.63. The first-order valence-electron chi connectivity index (χ1n) is 4.43. The minimum absolute atomic E-state index is 0.0396. The number of ether oxygens (including phenoxy) is 1. The van der Waals surface area contributed by atoms with Crippen molar-refractivity contribution in [3.8, 4) is 5.88 Å². The minimum Gasteiger partial charge on any atom is -0.481 e. The van der Waals surface area contributed by atoms with Gasteiger partial charge in [-0.1, -0.05) is 0 Å². The van der Waals surface area contributed by atoms with Crippen LogP contribution in [-0.4, -0.2) is 28.2 Å². The predicted molar refractivity (Wildman–Crippen MR) is 54.0 cm³/mol. The van der Waals surface area contributed by atoms with Gasteiger partial charge in [-0.25, -0.2) is 4.98 Å². The monoisotopic (exact) mass is 206 g/mol. The summed E-state index contributed by atoms with van der Waals surface area (Å²) >= 11 is 0. The van der Waals surface area contributed by atoms with E-state index in [1.165, 1.54) is 7.11 Å². The molecular weight excluding hydrogens is 196 g/mol. The van der Waals surface area contributed by atoms with Crippen molar-refractivity contribution in [3.63, 3.8) is 0 Å². The number of fused-ring (bicyclic) bond motifs is 1. The van der Waals surface area contributed by atoms with Gasteiger partial charge in [0, 0.05) is 12.4 Å². The molecule has 5 nitrogen and oxygen atoms in total. The largest absolute Gasteiger partial charge is 0.481 e. The van der Waals surface area contributed by atoms with E-state index in [4.69, 9.17) is 9.84 Å². The van der Waals surface area contributed by atoms with Crippen LogP contribution in [0.25, 0.3) is 10.9 Å². The van der Waals surface area contributed by atoms with Gasteiger partial charge in [0.2, 0.25) is 5.88 Å². The second kappa shape index (κ2) is 3.61. The number of carbonyl (C=O) groups is 1. The van der Waals surface area contributed by atoms with Crippen molar-refractivity contribution in [2.24, 2.45) is 0 Å². The Morgan fingerprint density at radius 3 is 3.13 bits per heavy atom. The first kappa shape index (κ1) is 9.51. The lowest BCUT2D eigenvalue weighted by molar-refractivity contribution is -0.136. The number of methoxy groups -OCH3 is 1. The first-order chi connectivity index (χ1) is 7.22. The van der Waals surface area contributed by atoms with Crippen molar-refractivity contribution in [2.45, 2.75) is 6.42 Å². The maximum atomic E-state index is 10.6. The number of hydrogen-bond acceptors (Lipinski definition) is 3. The zero-order valence-electron chi connectivity index (χ0n) is 8.15. The van der Waals surface area contributed by atoms with Crippen LogP contribution in [0.1, 0.15) is 5.56 Å². The molecule has 0 saturated carbocycles. The standard InChI is InChI=1S/C10H10N2O3/c1-15-10-9-6(4-8(13)14)5-12-7(9)2-3-11-10/h2-3,5,12H,4H2,1H3,(H,13,14). The Morgan fingerprint density at radius 1 is 1.67 bits per heavy atom. The number of aromatic nitrogens is 2. The van der Waals surface area contributed by atoms with Crippen molar-refractivity contribution < 1.29 is 14.6 Å². The molecule has 0 amide bonds. The highest BCUT2D eigenvalue weighted by molar-refractivity contribution is 5.90. The molecule has 2 rings (SSSR count). The number of nitrogens with zero attached hydrogens (tertiary/aromatic N) is 1. The van der Waals surface area contributed by atoms with Crippen LogP contribution < -0.4 is 4.74 Å². The summed E-state index contributed by atoms with van der Waals surface area (Å²) < 4.78 is 5.08. The van der Waals surface area contributed by atoms with E-state index in [2.05, 4.69) is 9.97 Å². The highest BCUT2D eigenvalue weighted by Crippen LogP contribution is 2.26. The summed E-state index contributed by atoms with van der Waals surface area (Å²) in [5.74, 6) is -0.424. The fourth-order valence-electron chi connectivity index (χ4n) is 1.57. The SMILES string of the molecule is COc1nccc2[nH]cc(CC(=O)O)c12. The fraction of sp³-hybridized carbons (Fsp3) is 0.200. The molecule has 0 saturated heterocycles. The van der Waals surface area contributed by atoms with Crippen LogP contribution >= 0.6 is 0 Å². The van der Waals surface area contributed by atoms with Gasteiger partial charge in [0.1, 0.15) is 0 Å². The van der Waals surface area contributed by atoms with E-state index in [0.717, 1.165) is 10.9 Å². The number of hydrogen-bond donors (Lipinski definition) is 2. The Morgan fingerprint density at radius 2 is 2.47 bits per heavy atom. The molecule has 2 heterocycles. The number of carboxylic acids is 1. The maximum Gasteiger partial charge on any atom is 0.307 e. The van der Waals surface area contributed by atoms with Gasteiger partial charge >= 0.3 is 5.97 Å². The quantitative estimate of drug-likeness (QED) is 0.791. The van der Waals surface area contributed by atoms with Gasteiger partial charge in [0.05, 0.1) is 24.4 Å². The number of aliphatic carboxylic acids is 1. The molecule has 0 atom stereocenters. The lowest BCUT2D eigenvalue weighted by Crippen LogP contribution is -1.99. The van der Waals surface area contributed by atoms with Gasteiger partial charge in [-0.3, -0.25) is 4.79 Å². The van der Waals surface area contributed by atoms with E-state index < -0.39 is 5.97 Å². The van der Waals surface area contributed by atoms with E-state index in [9.17, 15) is 4.79 Å². The van der Waals surface area contributed by atoms with E-state index in [1.807, 2.05) is 0 Å². The highest BCUT2D eigenvalue weighted by Gasteiger charge is 2.12. The van der Waals surface area contributed by atoms with Gasteiger partial charge in [-0.15, -0.1) is 0 Å². The number of pyridine rings is 1. The lowest BCUT2D eigenvalue weighted by atomic mass is 10.1. The molecule has 0 aliphatic rings. The van der Waals surface area contributed by atoms with E-state index in [0.29, 0.717) is 11.4 Å². The first-order valence-corrected chi connectivity index (χ1v) is 4.43. The zero-order chi connectivity index (χ0) is 10.8. The molecule has 2 aromatic rings. The van der Waals surface area contributed by atoms with Crippen molar-refractivity contribution >= 4 is 16.9 Å². The number of aromatic amines is 1. The minimum atomic E-state index is -0.873. The zero-order valence-corrected chi connectivity index (χ0v) is 8.15. The van der Waals surface area contributed by atoms with Gasteiger partial charge in [0.15, 0.2) is 0 Å². The summed E-state index contributed by atoms with van der Waals surface area (Å²) in [6.45, 7) is 0. The van der Waals surface area contributed by atoms with Crippen LogP contribution in [0, 0.1) is 0 Å². The highest BCUT2D eigenvalue weighted by atomic mass is 16.5. The molecule has 0 radical (unpaired) electrons. The number of H-pyrrole nitrogens is 1. The average Bonchev–Trinajstić information content (AvgIpc) is 2.61. The Labute approximate surface area is 85.7 Å². The molecule has 78 valence electrons. The Kier molecular flexibility index (Phi) is 2.29. The molecule has 15 heavy (non-hydrogen) atoms. The van der Waals surface area contributed by atoms with Gasteiger partial charge < -0.3 is 14.8 Å². The molecule has 2 N–H and O–H groups in total. The Hall–Kier alpha value is -2.04. The van der Waals surface area contributed by atoms with Crippen molar-refractivity contribution in [1.29, 1.82) is 0 Å². The summed E-state index contributed by atoms with van der Waals surface area (Å²) in [7, 11) is 1.51. The summed E-state index contributed by atoms with van der Waals surface area (Å²) in [5.41, 5.74) is 1.51. The molecule has 2 aromatic heterocycles. The third-order valence-electron chi connectivity index (χ3n) is 2.17. The average molecular weight is 206 g/mol. The van der Waals surface area contributed by atoms with Gasteiger partial charge in [-0.05, 0) is 11.6 Å². The summed E-state index contributed by atoms with van der Waals surface area (Å²) in [4.78, 5) is 17.7. The molecule has 0 bridgehead atoms. The topological polar surface area (TPSA) is 75.2 Å². The number of nitrogens with one attached hydrogen (secondary N) is 1. The molecular formula is C10H10N2O3. The van der Waals surface area contributed by atoms with Crippen LogP contribution in [0.2, 0.25) is 0 Å². The van der Waals surface area contributed by atoms with Gasteiger partial charge in [0.25, 0.3) is 0 Å². The fourth-order valence-corrected chi connectivity index (χ4v) is 1.57. The van der Waals surface area contributed by atoms with Crippen LogP contribution in [0.5, 0.6) is 5.88 Å². The summed E-state index contributed by atoms with van der Waals surface area (Å²) in [6.07, 6.45) is 3.24. The van der Waals surface area contributed by atoms with Crippen LogP contribution in [0.3, 0.4) is 0 Å². The van der Waals surface area contributed by atoms with Gasteiger partial charge in [-0.2, -0.15) is 0 Å². The van der Waals surface area contributed by atoms with Crippen LogP contribution in [0.4, 0.5) is 0 Å². The summed E-state index contributed by atoms with van der Waals surface area (Å²) in [5, 5.41) is 9.47. The number of carboxylic acid groups (broad SMARTS) is 1. The second-order valence-electron chi connectivity index (χ2n) is 3.13. The molecule has 0 aromatic carbocycles. The van der Waals surface area contributed by atoms with Crippen LogP contribution in [0.15, 0.2) is 18.5 Å². The lowest BCUT2D eigenvalue weighted by Gasteiger charge is -2.01. The maximum absolute atomic E-state index is 10.6. The van der Waals surface area contributed by atoms with Crippen molar-refractivity contribution in [2.75, 3.05) is 7.11 Å². The Balaban J connectivity index is 2.60. The van der Waals surface area contributed by atoms with E-state index in [1.54, 1.807) is 18.5 Å². The molecule has 0 spiro atoms. The smallest absolute Gasteiger partial charge is 0.307 e.